The maximum atomic E-state index is 12.8. The van der Waals surface area contributed by atoms with E-state index in [0.717, 1.165) is 37.1 Å². The van der Waals surface area contributed by atoms with Gasteiger partial charge in [-0.2, -0.15) is 0 Å². The highest BCUT2D eigenvalue weighted by Gasteiger charge is 2.33. The molecule has 30 heavy (non-hydrogen) atoms. The van der Waals surface area contributed by atoms with Crippen LogP contribution in [0, 0.1) is 5.92 Å². The van der Waals surface area contributed by atoms with Crippen LogP contribution >= 0.6 is 0 Å². The SMILES string of the molecule is NC/C=C/C(=O)N1CCC[C@H](N(CC2CC2)c2cc(-c3ccncc3)c[nH]c2=O)C1. The summed E-state index contributed by atoms with van der Waals surface area (Å²) >= 11 is 0. The lowest BCUT2D eigenvalue weighted by atomic mass is 10.0. The van der Waals surface area contributed by atoms with Crippen LogP contribution in [0.25, 0.3) is 11.1 Å². The molecule has 2 aromatic heterocycles. The number of amides is 1. The zero-order valence-corrected chi connectivity index (χ0v) is 17.2. The molecular formula is C23H29N5O2. The molecule has 1 saturated carbocycles. The zero-order chi connectivity index (χ0) is 20.9. The summed E-state index contributed by atoms with van der Waals surface area (Å²) in [7, 11) is 0. The predicted octanol–water partition coefficient (Wildman–Crippen LogP) is 2.16. The first-order valence-corrected chi connectivity index (χ1v) is 10.7. The molecule has 0 radical (unpaired) electrons. The van der Waals surface area contributed by atoms with E-state index in [1.165, 1.54) is 12.8 Å². The molecule has 1 atom stereocenters. The van der Waals surface area contributed by atoms with E-state index < -0.39 is 0 Å². The van der Waals surface area contributed by atoms with E-state index >= 15 is 0 Å². The minimum absolute atomic E-state index is 0.00373. The van der Waals surface area contributed by atoms with Gasteiger partial charge in [-0.15, -0.1) is 0 Å². The van der Waals surface area contributed by atoms with Crippen molar-refractivity contribution < 1.29 is 4.79 Å². The maximum Gasteiger partial charge on any atom is 0.271 e. The van der Waals surface area contributed by atoms with Crippen molar-refractivity contribution in [2.24, 2.45) is 11.7 Å². The van der Waals surface area contributed by atoms with Crippen molar-refractivity contribution in [3.63, 3.8) is 0 Å². The number of aromatic amines is 1. The van der Waals surface area contributed by atoms with E-state index in [-0.39, 0.29) is 17.5 Å². The summed E-state index contributed by atoms with van der Waals surface area (Å²) in [5.74, 6) is 0.619. The van der Waals surface area contributed by atoms with Crippen LogP contribution in [0.4, 0.5) is 5.69 Å². The monoisotopic (exact) mass is 407 g/mol. The minimum Gasteiger partial charge on any atom is -0.362 e. The highest BCUT2D eigenvalue weighted by atomic mass is 16.2. The third-order valence-electron chi connectivity index (χ3n) is 5.90. The molecule has 1 aliphatic carbocycles. The lowest BCUT2D eigenvalue weighted by Gasteiger charge is -2.40. The van der Waals surface area contributed by atoms with Gasteiger partial charge in [0.25, 0.3) is 5.56 Å². The van der Waals surface area contributed by atoms with Gasteiger partial charge in [0, 0.05) is 62.5 Å². The second kappa shape index (κ2) is 9.26. The Morgan fingerprint density at radius 1 is 1.27 bits per heavy atom. The Bertz CT molecular complexity index is 952. The molecule has 0 unspecified atom stereocenters. The van der Waals surface area contributed by atoms with Gasteiger partial charge in [0.2, 0.25) is 5.91 Å². The molecular weight excluding hydrogens is 378 g/mol. The fourth-order valence-corrected chi connectivity index (χ4v) is 4.10. The average Bonchev–Trinajstić information content (AvgIpc) is 3.61. The number of rotatable bonds is 7. The van der Waals surface area contributed by atoms with Crippen molar-refractivity contribution in [2.75, 3.05) is 31.1 Å². The Kier molecular flexibility index (Phi) is 6.28. The van der Waals surface area contributed by atoms with Gasteiger partial charge in [-0.25, -0.2) is 0 Å². The van der Waals surface area contributed by atoms with Gasteiger partial charge in [0.1, 0.15) is 5.69 Å². The molecule has 0 spiro atoms. The van der Waals surface area contributed by atoms with Gasteiger partial charge in [-0.1, -0.05) is 6.08 Å². The number of nitrogens with one attached hydrogen (secondary N) is 1. The normalized spacial score (nSPS) is 19.2. The Balaban J connectivity index is 1.62. The topological polar surface area (TPSA) is 95.3 Å². The summed E-state index contributed by atoms with van der Waals surface area (Å²) < 4.78 is 0. The average molecular weight is 408 g/mol. The Morgan fingerprint density at radius 3 is 2.80 bits per heavy atom. The largest absolute Gasteiger partial charge is 0.362 e. The Labute approximate surface area is 176 Å². The summed E-state index contributed by atoms with van der Waals surface area (Å²) in [4.78, 5) is 36.4. The van der Waals surface area contributed by atoms with E-state index in [4.69, 9.17) is 5.73 Å². The second-order valence-electron chi connectivity index (χ2n) is 8.15. The number of hydrogen-bond acceptors (Lipinski definition) is 5. The number of nitrogens with two attached hydrogens (primary N) is 1. The number of likely N-dealkylation sites (tertiary alicyclic amines) is 1. The van der Waals surface area contributed by atoms with E-state index in [2.05, 4.69) is 14.9 Å². The lowest BCUT2D eigenvalue weighted by Crippen LogP contribution is -2.51. The highest BCUT2D eigenvalue weighted by Crippen LogP contribution is 2.33. The molecule has 2 aromatic rings. The molecule has 3 N–H and O–H groups in total. The van der Waals surface area contributed by atoms with E-state index in [1.54, 1.807) is 30.7 Å². The molecule has 1 amide bonds. The first kappa shape index (κ1) is 20.3. The smallest absolute Gasteiger partial charge is 0.271 e. The fraction of sp³-hybridized carbons (Fsp3) is 0.435. The van der Waals surface area contributed by atoms with Crippen molar-refractivity contribution >= 4 is 11.6 Å². The van der Waals surface area contributed by atoms with Crippen LogP contribution in [0.3, 0.4) is 0 Å². The van der Waals surface area contributed by atoms with Gasteiger partial charge in [-0.3, -0.25) is 14.6 Å². The molecule has 0 bridgehead atoms. The first-order valence-electron chi connectivity index (χ1n) is 10.7. The number of aromatic nitrogens is 2. The molecule has 4 rings (SSSR count). The molecule has 1 aliphatic heterocycles. The van der Waals surface area contributed by atoms with Gasteiger partial charge in [0.05, 0.1) is 0 Å². The number of pyridine rings is 2. The van der Waals surface area contributed by atoms with Crippen LogP contribution in [-0.2, 0) is 4.79 Å². The van der Waals surface area contributed by atoms with Crippen LogP contribution < -0.4 is 16.2 Å². The van der Waals surface area contributed by atoms with Crippen LogP contribution in [-0.4, -0.2) is 53.0 Å². The summed E-state index contributed by atoms with van der Waals surface area (Å²) in [5.41, 5.74) is 8.07. The fourth-order valence-electron chi connectivity index (χ4n) is 4.10. The molecule has 1 saturated heterocycles. The molecule has 3 heterocycles. The molecule has 2 fully saturated rings. The maximum absolute atomic E-state index is 12.8. The highest BCUT2D eigenvalue weighted by molar-refractivity contribution is 5.87. The van der Waals surface area contributed by atoms with Gasteiger partial charge in [-0.05, 0) is 55.4 Å². The van der Waals surface area contributed by atoms with Gasteiger partial charge < -0.3 is 20.5 Å². The third kappa shape index (κ3) is 4.79. The molecule has 7 nitrogen and oxygen atoms in total. The van der Waals surface area contributed by atoms with Crippen molar-refractivity contribution in [3.8, 4) is 11.1 Å². The van der Waals surface area contributed by atoms with E-state index in [0.29, 0.717) is 24.7 Å². The number of carbonyl (C=O) groups excluding carboxylic acids is 1. The number of nitrogens with zero attached hydrogens (tertiary/aromatic N) is 3. The third-order valence-corrected chi connectivity index (χ3v) is 5.90. The van der Waals surface area contributed by atoms with Crippen molar-refractivity contribution in [1.82, 2.24) is 14.9 Å². The second-order valence-corrected chi connectivity index (χ2v) is 8.15. The van der Waals surface area contributed by atoms with Crippen molar-refractivity contribution in [2.45, 2.75) is 31.7 Å². The van der Waals surface area contributed by atoms with Crippen LogP contribution in [0.15, 0.2) is 53.7 Å². The van der Waals surface area contributed by atoms with E-state index in [9.17, 15) is 9.59 Å². The molecule has 0 aromatic carbocycles. The minimum atomic E-state index is -0.0834. The zero-order valence-electron chi connectivity index (χ0n) is 17.2. The van der Waals surface area contributed by atoms with Crippen LogP contribution in [0.2, 0.25) is 0 Å². The first-order chi connectivity index (χ1) is 14.7. The quantitative estimate of drug-likeness (QED) is 0.686. The summed E-state index contributed by atoms with van der Waals surface area (Å²) in [6, 6.07) is 5.98. The van der Waals surface area contributed by atoms with Crippen molar-refractivity contribution in [3.05, 3.63) is 59.3 Å². The van der Waals surface area contributed by atoms with Gasteiger partial charge in [0.15, 0.2) is 0 Å². The molecule has 7 heteroatoms. The molecule has 2 aliphatic rings. The summed E-state index contributed by atoms with van der Waals surface area (Å²) in [6.45, 7) is 2.58. The summed E-state index contributed by atoms with van der Waals surface area (Å²) in [5, 5.41) is 0. The predicted molar refractivity (Wildman–Crippen MR) is 118 cm³/mol. The van der Waals surface area contributed by atoms with Gasteiger partial charge >= 0.3 is 0 Å². The van der Waals surface area contributed by atoms with Crippen LogP contribution in [0.5, 0.6) is 0 Å². The standard InChI is InChI=1S/C23H29N5O2/c24-9-1-4-22(29)27-12-2-3-20(16-27)28(15-17-5-6-17)21-13-19(14-26-23(21)30)18-7-10-25-11-8-18/h1,4,7-8,10-11,13-14,17,20H,2-3,5-6,9,12,15-16,24H2,(H,26,30)/b4-1+/t20-/m0/s1. The van der Waals surface area contributed by atoms with Crippen molar-refractivity contribution in [1.29, 1.82) is 0 Å². The lowest BCUT2D eigenvalue weighted by molar-refractivity contribution is -0.127. The number of hydrogen-bond donors (Lipinski definition) is 2. The summed E-state index contributed by atoms with van der Waals surface area (Å²) in [6.07, 6.45) is 12.8. The van der Waals surface area contributed by atoms with E-state index in [1.807, 2.05) is 23.1 Å². The Hall–Kier alpha value is -2.93. The number of anilines is 1. The molecule has 158 valence electrons. The number of piperidine rings is 1. The number of carbonyl (C=O) groups is 1. The Morgan fingerprint density at radius 2 is 2.07 bits per heavy atom. The van der Waals surface area contributed by atoms with Crippen LogP contribution in [0.1, 0.15) is 25.7 Å². The number of H-pyrrole nitrogens is 1.